The van der Waals surface area contributed by atoms with Gasteiger partial charge in [0, 0.05) is 13.2 Å². The van der Waals surface area contributed by atoms with Gasteiger partial charge in [0.2, 0.25) is 11.1 Å². The van der Waals surface area contributed by atoms with E-state index in [2.05, 4.69) is 15.5 Å². The van der Waals surface area contributed by atoms with Crippen LogP contribution in [0.3, 0.4) is 0 Å². The number of carbonyl (C=O) groups is 2. The van der Waals surface area contributed by atoms with Crippen molar-refractivity contribution in [2.24, 2.45) is 7.05 Å². The fourth-order valence-electron chi connectivity index (χ4n) is 1.50. The Labute approximate surface area is 119 Å². The van der Waals surface area contributed by atoms with Gasteiger partial charge in [-0.15, -0.1) is 10.2 Å². The monoisotopic (exact) mass is 294 g/mol. The van der Waals surface area contributed by atoms with Gasteiger partial charge < -0.3 is 10.4 Å². The largest absolute Gasteiger partial charge is 0.347 e. The first-order chi connectivity index (χ1) is 9.49. The molecule has 9 heteroatoms. The molecule has 2 aromatic heterocycles. The zero-order valence-electron chi connectivity index (χ0n) is 11.0. The SMILES string of the molecule is Cc1nnc(SCC(=O)NC(=O)c2cccn2C)n1N. The van der Waals surface area contributed by atoms with E-state index in [9.17, 15) is 9.59 Å². The zero-order valence-corrected chi connectivity index (χ0v) is 11.8. The summed E-state index contributed by atoms with van der Waals surface area (Å²) in [6.45, 7) is 1.70. The Morgan fingerprint density at radius 2 is 2.20 bits per heavy atom. The van der Waals surface area contributed by atoms with Crippen LogP contribution in [0.1, 0.15) is 16.3 Å². The smallest absolute Gasteiger partial charge is 0.274 e. The summed E-state index contributed by atoms with van der Waals surface area (Å²) in [4.78, 5) is 23.5. The molecule has 0 saturated heterocycles. The lowest BCUT2D eigenvalue weighted by atomic mass is 10.4. The minimum Gasteiger partial charge on any atom is -0.347 e. The number of nitrogens with one attached hydrogen (secondary N) is 1. The van der Waals surface area contributed by atoms with Gasteiger partial charge in [-0.25, -0.2) is 4.68 Å². The summed E-state index contributed by atoms with van der Waals surface area (Å²) in [6, 6.07) is 3.36. The Bertz CT molecular complexity index is 647. The fraction of sp³-hybridized carbons (Fsp3) is 0.273. The van der Waals surface area contributed by atoms with Gasteiger partial charge in [-0.05, 0) is 19.1 Å². The molecule has 0 spiro atoms. The van der Waals surface area contributed by atoms with E-state index in [1.54, 1.807) is 36.9 Å². The van der Waals surface area contributed by atoms with Gasteiger partial charge in [0.05, 0.1) is 5.75 Å². The number of imide groups is 1. The molecule has 0 fully saturated rings. The van der Waals surface area contributed by atoms with E-state index in [1.165, 1.54) is 4.68 Å². The molecular formula is C11H14N6O2S. The van der Waals surface area contributed by atoms with Gasteiger partial charge in [-0.3, -0.25) is 14.9 Å². The molecule has 0 unspecified atom stereocenters. The van der Waals surface area contributed by atoms with E-state index < -0.39 is 11.8 Å². The summed E-state index contributed by atoms with van der Waals surface area (Å²) >= 11 is 1.11. The Morgan fingerprint density at radius 1 is 1.45 bits per heavy atom. The first kappa shape index (κ1) is 14.1. The number of rotatable bonds is 4. The molecule has 0 aliphatic rings. The number of nitrogens with two attached hydrogens (primary N) is 1. The van der Waals surface area contributed by atoms with Crippen LogP contribution in [-0.2, 0) is 11.8 Å². The number of amides is 2. The van der Waals surface area contributed by atoms with Crippen LogP contribution >= 0.6 is 11.8 Å². The first-order valence-corrected chi connectivity index (χ1v) is 6.73. The predicted octanol–water partition coefficient (Wildman–Crippen LogP) is -0.312. The summed E-state index contributed by atoms with van der Waals surface area (Å²) in [6.07, 6.45) is 1.73. The maximum atomic E-state index is 11.8. The third kappa shape index (κ3) is 2.99. The second-order valence-corrected chi connectivity index (χ2v) is 5.01. The van der Waals surface area contributed by atoms with Crippen LogP contribution in [-0.4, -0.2) is 37.0 Å². The van der Waals surface area contributed by atoms with Gasteiger partial charge in [-0.2, -0.15) is 0 Å². The van der Waals surface area contributed by atoms with Crippen LogP contribution in [0.2, 0.25) is 0 Å². The predicted molar refractivity (Wildman–Crippen MR) is 73.5 cm³/mol. The molecule has 0 aromatic carbocycles. The third-order valence-electron chi connectivity index (χ3n) is 2.60. The lowest BCUT2D eigenvalue weighted by Gasteiger charge is -2.05. The van der Waals surface area contributed by atoms with Crippen molar-refractivity contribution in [2.75, 3.05) is 11.6 Å². The number of thioether (sulfide) groups is 1. The summed E-state index contributed by atoms with van der Waals surface area (Å²) in [7, 11) is 1.73. The normalized spacial score (nSPS) is 10.5. The second-order valence-electron chi connectivity index (χ2n) is 4.07. The highest BCUT2D eigenvalue weighted by Gasteiger charge is 2.14. The maximum absolute atomic E-state index is 11.8. The molecule has 0 aliphatic heterocycles. The average Bonchev–Trinajstić information content (AvgIpc) is 2.96. The van der Waals surface area contributed by atoms with E-state index in [1.807, 2.05) is 0 Å². The van der Waals surface area contributed by atoms with E-state index in [4.69, 9.17) is 5.84 Å². The van der Waals surface area contributed by atoms with Crippen molar-refractivity contribution in [1.82, 2.24) is 24.8 Å². The van der Waals surface area contributed by atoms with Crippen molar-refractivity contribution < 1.29 is 9.59 Å². The summed E-state index contributed by atoms with van der Waals surface area (Å²) in [5.41, 5.74) is 0.418. The Morgan fingerprint density at radius 3 is 2.75 bits per heavy atom. The van der Waals surface area contributed by atoms with Crippen molar-refractivity contribution >= 4 is 23.6 Å². The number of nitrogens with zero attached hydrogens (tertiary/aromatic N) is 4. The molecule has 2 aromatic rings. The molecule has 0 atom stereocenters. The van der Waals surface area contributed by atoms with Crippen LogP contribution in [0.25, 0.3) is 0 Å². The molecule has 2 amide bonds. The molecular weight excluding hydrogens is 280 g/mol. The van der Waals surface area contributed by atoms with E-state index in [-0.39, 0.29) is 5.75 Å². The van der Waals surface area contributed by atoms with Gasteiger partial charge in [0.15, 0.2) is 0 Å². The molecule has 3 N–H and O–H groups in total. The van der Waals surface area contributed by atoms with E-state index >= 15 is 0 Å². The van der Waals surface area contributed by atoms with Crippen LogP contribution in [0, 0.1) is 6.92 Å². The minimum absolute atomic E-state index is 0.0332. The highest BCUT2D eigenvalue weighted by molar-refractivity contribution is 7.99. The van der Waals surface area contributed by atoms with E-state index in [0.717, 1.165) is 11.8 Å². The fourth-order valence-corrected chi connectivity index (χ4v) is 2.20. The molecule has 2 heterocycles. The van der Waals surface area contributed by atoms with Crippen molar-refractivity contribution in [2.45, 2.75) is 12.1 Å². The molecule has 0 saturated carbocycles. The van der Waals surface area contributed by atoms with Gasteiger partial charge in [0.1, 0.15) is 11.5 Å². The van der Waals surface area contributed by atoms with Crippen molar-refractivity contribution in [3.05, 3.63) is 29.8 Å². The van der Waals surface area contributed by atoms with E-state index in [0.29, 0.717) is 16.7 Å². The Hall–Kier alpha value is -2.29. The number of aryl methyl sites for hydroxylation is 2. The van der Waals surface area contributed by atoms with Crippen molar-refractivity contribution in [1.29, 1.82) is 0 Å². The molecule has 8 nitrogen and oxygen atoms in total. The topological polar surface area (TPSA) is 108 Å². The molecule has 0 aliphatic carbocycles. The number of hydrogen-bond donors (Lipinski definition) is 2. The summed E-state index contributed by atoms with van der Waals surface area (Å²) in [5, 5.41) is 10.3. The average molecular weight is 294 g/mol. The minimum atomic E-state index is -0.437. The standard InChI is InChI=1S/C11H14N6O2S/c1-7-14-15-11(17(7)12)20-6-9(18)13-10(19)8-4-3-5-16(8)2/h3-5H,6,12H2,1-2H3,(H,13,18,19). The lowest BCUT2D eigenvalue weighted by molar-refractivity contribution is -0.117. The second kappa shape index (κ2) is 5.78. The number of nitrogen functional groups attached to an aromatic ring is 1. The molecule has 0 radical (unpaired) electrons. The molecule has 20 heavy (non-hydrogen) atoms. The van der Waals surface area contributed by atoms with Gasteiger partial charge in [-0.1, -0.05) is 11.8 Å². The Balaban J connectivity index is 1.89. The highest BCUT2D eigenvalue weighted by Crippen LogP contribution is 2.13. The first-order valence-electron chi connectivity index (χ1n) is 5.74. The summed E-state index contributed by atoms with van der Waals surface area (Å²) in [5.74, 6) is 5.39. The van der Waals surface area contributed by atoms with Crippen molar-refractivity contribution in [3.63, 3.8) is 0 Å². The Kier molecular flexibility index (Phi) is 4.08. The number of carbonyl (C=O) groups excluding carboxylic acids is 2. The molecule has 2 rings (SSSR count). The maximum Gasteiger partial charge on any atom is 0.274 e. The van der Waals surface area contributed by atoms with Crippen LogP contribution < -0.4 is 11.2 Å². The highest BCUT2D eigenvalue weighted by atomic mass is 32.2. The number of hydrogen-bond acceptors (Lipinski definition) is 6. The van der Waals surface area contributed by atoms with Crippen molar-refractivity contribution in [3.8, 4) is 0 Å². The lowest BCUT2D eigenvalue weighted by Crippen LogP contribution is -2.33. The quantitative estimate of drug-likeness (QED) is 0.591. The van der Waals surface area contributed by atoms with Gasteiger partial charge >= 0.3 is 0 Å². The zero-order chi connectivity index (χ0) is 14.7. The van der Waals surface area contributed by atoms with Crippen LogP contribution in [0.4, 0.5) is 0 Å². The summed E-state index contributed by atoms with van der Waals surface area (Å²) < 4.78 is 2.92. The van der Waals surface area contributed by atoms with Crippen LogP contribution in [0.5, 0.6) is 0 Å². The molecule has 0 bridgehead atoms. The molecule has 106 valence electrons. The van der Waals surface area contributed by atoms with Gasteiger partial charge in [0.25, 0.3) is 5.91 Å². The number of aromatic nitrogens is 4. The van der Waals surface area contributed by atoms with Crippen LogP contribution in [0.15, 0.2) is 23.5 Å². The third-order valence-corrected chi connectivity index (χ3v) is 3.54.